The number of hydrogen-bond acceptors (Lipinski definition) is 4. The average Bonchev–Trinajstić information content (AvgIpc) is 3.24. The van der Waals surface area contributed by atoms with Gasteiger partial charge in [-0.3, -0.25) is 0 Å². The summed E-state index contributed by atoms with van der Waals surface area (Å²) in [4.78, 5) is 4.63. The third kappa shape index (κ3) is 7.22. The van der Waals surface area contributed by atoms with Crippen LogP contribution in [0.2, 0.25) is 0 Å². The van der Waals surface area contributed by atoms with Crippen molar-refractivity contribution in [2.75, 3.05) is 20.4 Å². The van der Waals surface area contributed by atoms with Crippen molar-refractivity contribution in [1.82, 2.24) is 0 Å². The fraction of sp³-hybridized carbons (Fsp3) is 0.0196. The fourth-order valence-corrected chi connectivity index (χ4v) is 7.23. The van der Waals surface area contributed by atoms with Gasteiger partial charge in [0.1, 0.15) is 0 Å². The fourth-order valence-electron chi connectivity index (χ4n) is 7.23. The van der Waals surface area contributed by atoms with Gasteiger partial charge in [-0.15, -0.1) is 0 Å². The van der Waals surface area contributed by atoms with Gasteiger partial charge in [-0.1, -0.05) is 90.5 Å². The molecule has 0 atom stereocenters. The van der Waals surface area contributed by atoms with Crippen LogP contribution in [-0.2, 0) is 0 Å². The van der Waals surface area contributed by atoms with Crippen molar-refractivity contribution in [3.05, 3.63) is 218 Å². The summed E-state index contributed by atoms with van der Waals surface area (Å²) < 4.78 is 0. The Bertz CT molecular complexity index is 2630. The number of para-hydroxylation sites is 2. The van der Waals surface area contributed by atoms with E-state index < -0.39 is 0 Å². The van der Waals surface area contributed by atoms with E-state index in [9.17, 15) is 0 Å². The van der Waals surface area contributed by atoms with Crippen molar-refractivity contribution >= 4 is 78.4 Å². The first-order valence-electron chi connectivity index (χ1n) is 18.7. The van der Waals surface area contributed by atoms with Gasteiger partial charge >= 0.3 is 0 Å². The number of nitrogens with one attached hydrogen (secondary N) is 2. The largest absolute Gasteiger partial charge is 0.356 e. The molecule has 0 aliphatic carbocycles. The monoisotopic (exact) mass is 708 g/mol. The molecular weight excluding hydrogens is 669 g/mol. The highest BCUT2D eigenvalue weighted by molar-refractivity contribution is 6.06. The van der Waals surface area contributed by atoms with Gasteiger partial charge in [0, 0.05) is 56.6 Å². The summed E-state index contributed by atoms with van der Waals surface area (Å²) in [6, 6.07) is 75.2. The number of anilines is 10. The van der Waals surface area contributed by atoms with Crippen LogP contribution in [0.3, 0.4) is 0 Å². The number of benzene rings is 9. The minimum atomic E-state index is 1.01. The second kappa shape index (κ2) is 15.0. The summed E-state index contributed by atoms with van der Waals surface area (Å²) in [5.74, 6) is 0. The van der Waals surface area contributed by atoms with Gasteiger partial charge < -0.3 is 20.4 Å². The zero-order chi connectivity index (χ0) is 37.0. The summed E-state index contributed by atoms with van der Waals surface area (Å²) >= 11 is 0. The van der Waals surface area contributed by atoms with Gasteiger partial charge in [-0.2, -0.15) is 0 Å². The molecule has 0 bridgehead atoms. The molecule has 0 fully saturated rings. The smallest absolute Gasteiger partial charge is 0.0540 e. The van der Waals surface area contributed by atoms with Gasteiger partial charge in [0.15, 0.2) is 0 Å². The van der Waals surface area contributed by atoms with Gasteiger partial charge in [0.25, 0.3) is 0 Å². The number of fused-ring (bicyclic) bond motifs is 2. The van der Waals surface area contributed by atoms with Crippen LogP contribution in [0.15, 0.2) is 212 Å². The van der Waals surface area contributed by atoms with Crippen molar-refractivity contribution < 1.29 is 0 Å². The van der Waals surface area contributed by atoms with E-state index in [1.165, 1.54) is 27.1 Å². The molecule has 0 aliphatic heterocycles. The molecule has 4 heteroatoms. The molecule has 0 amide bonds. The second-order valence-electron chi connectivity index (χ2n) is 13.8. The molecule has 55 heavy (non-hydrogen) atoms. The highest BCUT2D eigenvalue weighted by Crippen LogP contribution is 2.41. The molecule has 9 aromatic rings. The third-order valence-electron chi connectivity index (χ3n) is 10.00. The van der Waals surface area contributed by atoms with Crippen LogP contribution in [0, 0.1) is 6.92 Å². The maximum Gasteiger partial charge on any atom is 0.0540 e. The summed E-state index contributed by atoms with van der Waals surface area (Å²) in [5.41, 5.74) is 12.0. The van der Waals surface area contributed by atoms with Gasteiger partial charge in [0.2, 0.25) is 0 Å². The summed E-state index contributed by atoms with van der Waals surface area (Å²) in [6.45, 7) is 2.11. The third-order valence-corrected chi connectivity index (χ3v) is 10.00. The Balaban J connectivity index is 1.03. The lowest BCUT2D eigenvalue weighted by Gasteiger charge is -2.27. The van der Waals surface area contributed by atoms with Gasteiger partial charge in [0.05, 0.1) is 5.69 Å². The molecule has 4 nitrogen and oxygen atoms in total. The van der Waals surface area contributed by atoms with Crippen LogP contribution in [0.25, 0.3) is 21.5 Å². The Hall–Kier alpha value is -7.30. The Morgan fingerprint density at radius 3 is 1.18 bits per heavy atom. The Morgan fingerprint density at radius 2 is 0.691 bits per heavy atom. The molecule has 0 radical (unpaired) electrons. The van der Waals surface area contributed by atoms with E-state index in [1.807, 2.05) is 0 Å². The molecule has 0 aliphatic rings. The van der Waals surface area contributed by atoms with E-state index in [-0.39, 0.29) is 0 Å². The molecule has 9 aromatic carbocycles. The molecule has 264 valence electrons. The van der Waals surface area contributed by atoms with Crippen molar-refractivity contribution in [1.29, 1.82) is 0 Å². The number of aryl methyl sites for hydroxylation is 1. The van der Waals surface area contributed by atoms with E-state index in [2.05, 4.69) is 240 Å². The minimum absolute atomic E-state index is 1.01. The van der Waals surface area contributed by atoms with E-state index in [4.69, 9.17) is 0 Å². The average molecular weight is 709 g/mol. The van der Waals surface area contributed by atoms with Crippen molar-refractivity contribution in [2.24, 2.45) is 0 Å². The Morgan fingerprint density at radius 1 is 0.309 bits per heavy atom. The SMILES string of the molecule is Cc1ccc(Nc2ccc(N(c3ccc(Nc4ccc(N(c5ccccc5)c5ccccc5)cc4)cc3)c3cccc4cc5ccccc5cc34)cc2)cc1. The molecule has 0 saturated carbocycles. The highest BCUT2D eigenvalue weighted by Gasteiger charge is 2.17. The molecule has 0 aromatic heterocycles. The first-order valence-corrected chi connectivity index (χ1v) is 18.7. The molecular formula is C51H40N4. The lowest BCUT2D eigenvalue weighted by molar-refractivity contribution is 1.28. The summed E-state index contributed by atoms with van der Waals surface area (Å²) in [6.07, 6.45) is 0. The van der Waals surface area contributed by atoms with Crippen LogP contribution in [0.5, 0.6) is 0 Å². The van der Waals surface area contributed by atoms with Crippen LogP contribution in [0.1, 0.15) is 5.56 Å². The zero-order valence-electron chi connectivity index (χ0n) is 30.6. The van der Waals surface area contributed by atoms with Crippen LogP contribution in [0.4, 0.5) is 56.9 Å². The quantitative estimate of drug-likeness (QED) is 0.139. The second-order valence-corrected chi connectivity index (χ2v) is 13.8. The summed E-state index contributed by atoms with van der Waals surface area (Å²) in [7, 11) is 0. The topological polar surface area (TPSA) is 30.5 Å². The maximum atomic E-state index is 3.63. The summed E-state index contributed by atoms with van der Waals surface area (Å²) in [5, 5.41) is 12.1. The minimum Gasteiger partial charge on any atom is -0.356 e. The van der Waals surface area contributed by atoms with E-state index in [1.54, 1.807) is 0 Å². The van der Waals surface area contributed by atoms with E-state index in [0.29, 0.717) is 0 Å². The lowest BCUT2D eigenvalue weighted by atomic mass is 10.0. The van der Waals surface area contributed by atoms with Gasteiger partial charge in [-0.05, 0) is 150 Å². The van der Waals surface area contributed by atoms with Crippen LogP contribution in [-0.4, -0.2) is 0 Å². The first kappa shape index (κ1) is 33.5. The number of nitrogens with zero attached hydrogens (tertiary/aromatic N) is 2. The van der Waals surface area contributed by atoms with Gasteiger partial charge in [-0.25, -0.2) is 0 Å². The van der Waals surface area contributed by atoms with E-state index >= 15 is 0 Å². The maximum absolute atomic E-state index is 3.63. The Kier molecular flexibility index (Phi) is 9.13. The standard InChI is InChI=1S/C51H40N4/c1-37-19-21-41(22-20-37)52-43-25-31-48(32-26-43)55(51-18-10-13-40-35-38-11-8-9-12-39(38)36-50(40)51)49-33-27-44(28-34-49)53-42-23-29-47(30-24-42)54(45-14-4-2-5-15-45)46-16-6-3-7-17-46/h2-36,52-53H,1H3. The molecule has 0 unspecified atom stereocenters. The predicted molar refractivity (Wildman–Crippen MR) is 235 cm³/mol. The molecule has 0 spiro atoms. The van der Waals surface area contributed by atoms with Crippen molar-refractivity contribution in [2.45, 2.75) is 6.92 Å². The normalized spacial score (nSPS) is 11.0. The first-order chi connectivity index (χ1) is 27.1. The van der Waals surface area contributed by atoms with E-state index in [0.717, 1.165) is 56.9 Å². The number of rotatable bonds is 10. The van der Waals surface area contributed by atoms with Crippen LogP contribution >= 0.6 is 0 Å². The predicted octanol–water partition coefficient (Wildman–Crippen LogP) is 14.7. The number of hydrogen-bond donors (Lipinski definition) is 2. The molecule has 2 N–H and O–H groups in total. The van der Waals surface area contributed by atoms with Crippen LogP contribution < -0.4 is 20.4 Å². The Labute approximate surface area is 322 Å². The molecule has 0 heterocycles. The molecule has 0 saturated heterocycles. The highest BCUT2D eigenvalue weighted by atomic mass is 15.1. The zero-order valence-corrected chi connectivity index (χ0v) is 30.6. The van der Waals surface area contributed by atoms with Crippen molar-refractivity contribution in [3.63, 3.8) is 0 Å². The molecule has 9 rings (SSSR count). The lowest BCUT2D eigenvalue weighted by Crippen LogP contribution is -2.10. The van der Waals surface area contributed by atoms with Crippen molar-refractivity contribution in [3.8, 4) is 0 Å².